The van der Waals surface area contributed by atoms with Crippen LogP contribution >= 0.6 is 0 Å². The van der Waals surface area contributed by atoms with Gasteiger partial charge in [-0.25, -0.2) is 0 Å². The lowest BCUT2D eigenvalue weighted by Crippen LogP contribution is -2.63. The summed E-state index contributed by atoms with van der Waals surface area (Å²) in [5.74, 6) is -0.491. The zero-order valence-electron chi connectivity index (χ0n) is 10.6. The van der Waals surface area contributed by atoms with Crippen molar-refractivity contribution in [3.63, 3.8) is 0 Å². The summed E-state index contributed by atoms with van der Waals surface area (Å²) in [5.41, 5.74) is 0.365. The molecule has 1 aromatic carbocycles. The number of nitrogens with one attached hydrogen (secondary N) is 1. The predicted molar refractivity (Wildman–Crippen MR) is 67.7 cm³/mol. The monoisotopic (exact) mass is 283 g/mol. The van der Waals surface area contributed by atoms with E-state index in [-0.39, 0.29) is 0 Å². The number of rotatable bonds is 3. The molecule has 1 fully saturated rings. The number of amides is 1. The molecule has 0 radical (unpaired) electrons. The third-order valence-corrected chi connectivity index (χ3v) is 3.20. The van der Waals surface area contributed by atoms with Crippen molar-refractivity contribution >= 4 is 5.91 Å². The summed E-state index contributed by atoms with van der Waals surface area (Å²) in [6.07, 6.45) is -6.70. The van der Waals surface area contributed by atoms with Crippen LogP contribution in [0.3, 0.4) is 0 Å². The fraction of sp³-hybridized carbons (Fsp3) is 0.462. The van der Waals surface area contributed by atoms with Crippen molar-refractivity contribution in [3.8, 4) is 0 Å². The van der Waals surface area contributed by atoms with E-state index in [2.05, 4.69) is 5.32 Å². The maximum atomic E-state index is 11.9. The number of hydrogen-bond acceptors (Lipinski definition) is 6. The molecule has 0 spiro atoms. The Morgan fingerprint density at radius 2 is 1.75 bits per heavy atom. The minimum atomic E-state index is -1.51. The molecule has 20 heavy (non-hydrogen) atoms. The second-order valence-corrected chi connectivity index (χ2v) is 4.59. The van der Waals surface area contributed by atoms with Crippen molar-refractivity contribution in [2.45, 2.75) is 30.6 Å². The van der Waals surface area contributed by atoms with Gasteiger partial charge >= 0.3 is 0 Å². The molecule has 1 aliphatic heterocycles. The van der Waals surface area contributed by atoms with Crippen molar-refractivity contribution in [1.82, 2.24) is 5.32 Å². The molecule has 5 N–H and O–H groups in total. The van der Waals surface area contributed by atoms with Gasteiger partial charge < -0.3 is 30.5 Å². The Balaban J connectivity index is 2.06. The Labute approximate surface area is 115 Å². The predicted octanol–water partition coefficient (Wildman–Crippen LogP) is -1.78. The molecule has 0 aromatic heterocycles. The highest BCUT2D eigenvalue weighted by Gasteiger charge is 2.43. The molecule has 0 bridgehead atoms. The van der Waals surface area contributed by atoms with E-state index in [4.69, 9.17) is 9.84 Å². The van der Waals surface area contributed by atoms with Gasteiger partial charge in [0.15, 0.2) is 6.23 Å². The van der Waals surface area contributed by atoms with Gasteiger partial charge in [0.05, 0.1) is 6.61 Å². The van der Waals surface area contributed by atoms with Crippen molar-refractivity contribution in [2.75, 3.05) is 6.61 Å². The van der Waals surface area contributed by atoms with Gasteiger partial charge in [0, 0.05) is 5.56 Å². The minimum absolute atomic E-state index is 0.365. The van der Waals surface area contributed by atoms with E-state index < -0.39 is 43.2 Å². The quantitative estimate of drug-likeness (QED) is 0.447. The van der Waals surface area contributed by atoms with Crippen molar-refractivity contribution in [3.05, 3.63) is 35.9 Å². The van der Waals surface area contributed by atoms with Gasteiger partial charge in [-0.05, 0) is 12.1 Å². The summed E-state index contributed by atoms with van der Waals surface area (Å²) in [6.45, 7) is -0.539. The van der Waals surface area contributed by atoms with E-state index in [9.17, 15) is 20.1 Å². The van der Waals surface area contributed by atoms with E-state index in [1.54, 1.807) is 30.3 Å². The molecule has 110 valence electrons. The number of hydrogen-bond donors (Lipinski definition) is 5. The molecule has 7 nitrogen and oxygen atoms in total. The fourth-order valence-electron chi connectivity index (χ4n) is 2.02. The Morgan fingerprint density at radius 1 is 1.10 bits per heavy atom. The van der Waals surface area contributed by atoms with Gasteiger partial charge in [-0.15, -0.1) is 0 Å². The highest BCUT2D eigenvalue weighted by atomic mass is 16.6. The van der Waals surface area contributed by atoms with Crippen molar-refractivity contribution in [2.24, 2.45) is 0 Å². The molecular weight excluding hydrogens is 266 g/mol. The number of carbonyl (C=O) groups is 1. The molecule has 5 atom stereocenters. The molecule has 1 amide bonds. The summed E-state index contributed by atoms with van der Waals surface area (Å²) in [6, 6.07) is 8.29. The Bertz CT molecular complexity index is 451. The van der Waals surface area contributed by atoms with Crippen LogP contribution in [0, 0.1) is 0 Å². The summed E-state index contributed by atoms with van der Waals surface area (Å²) in [5, 5.41) is 40.5. The molecule has 7 heteroatoms. The lowest BCUT2D eigenvalue weighted by molar-refractivity contribution is -0.233. The maximum absolute atomic E-state index is 11.9. The van der Waals surface area contributed by atoms with Gasteiger partial charge in [0.2, 0.25) is 0 Å². The minimum Gasteiger partial charge on any atom is -0.394 e. The first-order chi connectivity index (χ1) is 9.54. The zero-order valence-corrected chi connectivity index (χ0v) is 10.6. The van der Waals surface area contributed by atoms with Crippen LogP contribution in [0.2, 0.25) is 0 Å². The van der Waals surface area contributed by atoms with Crippen LogP contribution in [-0.4, -0.2) is 63.6 Å². The van der Waals surface area contributed by atoms with Crippen LogP contribution in [0.5, 0.6) is 0 Å². The summed E-state index contributed by atoms with van der Waals surface area (Å²) in [7, 11) is 0. The molecule has 0 aliphatic carbocycles. The lowest BCUT2D eigenvalue weighted by atomic mass is 9.98. The average Bonchev–Trinajstić information content (AvgIpc) is 2.48. The molecule has 1 heterocycles. The number of carbonyl (C=O) groups excluding carboxylic acids is 1. The van der Waals surface area contributed by atoms with E-state index >= 15 is 0 Å². The molecule has 2 rings (SSSR count). The van der Waals surface area contributed by atoms with Crippen molar-refractivity contribution < 1.29 is 30.0 Å². The third-order valence-electron chi connectivity index (χ3n) is 3.20. The Morgan fingerprint density at radius 3 is 2.35 bits per heavy atom. The average molecular weight is 283 g/mol. The van der Waals surface area contributed by atoms with Crippen LogP contribution < -0.4 is 5.32 Å². The van der Waals surface area contributed by atoms with Crippen LogP contribution in [0.1, 0.15) is 10.4 Å². The van der Waals surface area contributed by atoms with Gasteiger partial charge in [0.1, 0.15) is 24.4 Å². The first-order valence-corrected chi connectivity index (χ1v) is 6.21. The molecule has 0 saturated carbocycles. The number of ether oxygens (including phenoxy) is 1. The maximum Gasteiger partial charge on any atom is 0.253 e. The second-order valence-electron chi connectivity index (χ2n) is 4.59. The highest BCUT2D eigenvalue weighted by molar-refractivity contribution is 5.94. The number of benzene rings is 1. The zero-order chi connectivity index (χ0) is 14.7. The second kappa shape index (κ2) is 6.29. The Kier molecular flexibility index (Phi) is 4.69. The largest absolute Gasteiger partial charge is 0.394 e. The van der Waals surface area contributed by atoms with Gasteiger partial charge in [0.25, 0.3) is 5.91 Å². The van der Waals surface area contributed by atoms with Crippen LogP contribution in [0.15, 0.2) is 30.3 Å². The van der Waals surface area contributed by atoms with Gasteiger partial charge in [-0.3, -0.25) is 4.79 Å². The van der Waals surface area contributed by atoms with E-state index in [0.29, 0.717) is 5.56 Å². The smallest absolute Gasteiger partial charge is 0.253 e. The molecule has 0 unspecified atom stereocenters. The van der Waals surface area contributed by atoms with Gasteiger partial charge in [-0.1, -0.05) is 18.2 Å². The molecule has 1 aliphatic rings. The third kappa shape index (κ3) is 2.97. The SMILES string of the molecule is O=C(N[C@H]1O[C@@H](CO)[C@H](O)[C@@H](O)[C@@H]1O)c1ccccc1. The molecular formula is C13H17NO6. The van der Waals surface area contributed by atoms with E-state index in [0.717, 1.165) is 0 Å². The van der Waals surface area contributed by atoms with E-state index in [1.807, 2.05) is 0 Å². The number of aliphatic hydroxyl groups excluding tert-OH is 4. The number of aliphatic hydroxyl groups is 4. The topological polar surface area (TPSA) is 119 Å². The molecule has 1 saturated heterocycles. The summed E-state index contributed by atoms with van der Waals surface area (Å²) < 4.78 is 5.18. The van der Waals surface area contributed by atoms with Crippen molar-refractivity contribution in [1.29, 1.82) is 0 Å². The normalized spacial score (nSPS) is 33.7. The lowest BCUT2D eigenvalue weighted by Gasteiger charge is -2.40. The standard InChI is InChI=1S/C13H17NO6/c15-6-8-9(16)10(17)11(18)13(20-8)14-12(19)7-4-2-1-3-5-7/h1-5,8-11,13,15-18H,6H2,(H,14,19)/t8-,9-,10+,11-,13-/m0/s1. The van der Waals surface area contributed by atoms with Crippen LogP contribution in [-0.2, 0) is 4.74 Å². The summed E-state index contributed by atoms with van der Waals surface area (Å²) in [4.78, 5) is 11.9. The Hall–Kier alpha value is -1.51. The van der Waals surface area contributed by atoms with Crippen LogP contribution in [0.4, 0.5) is 0 Å². The fourth-order valence-corrected chi connectivity index (χ4v) is 2.02. The van der Waals surface area contributed by atoms with Gasteiger partial charge in [-0.2, -0.15) is 0 Å². The first-order valence-electron chi connectivity index (χ1n) is 6.21. The highest BCUT2D eigenvalue weighted by Crippen LogP contribution is 2.20. The van der Waals surface area contributed by atoms with Crippen LogP contribution in [0.25, 0.3) is 0 Å². The van der Waals surface area contributed by atoms with E-state index in [1.165, 1.54) is 0 Å². The first kappa shape index (κ1) is 14.9. The molecule has 1 aromatic rings. The summed E-state index contributed by atoms with van der Waals surface area (Å²) >= 11 is 0.